The van der Waals surface area contributed by atoms with Gasteiger partial charge in [0.1, 0.15) is 0 Å². The fourth-order valence-electron chi connectivity index (χ4n) is 1.48. The predicted octanol–water partition coefficient (Wildman–Crippen LogP) is 0.555. The zero-order valence-corrected chi connectivity index (χ0v) is 6.64. The second kappa shape index (κ2) is 2.57. The van der Waals surface area contributed by atoms with E-state index in [0.29, 0.717) is 0 Å². The molecule has 0 aromatic rings. The van der Waals surface area contributed by atoms with Crippen LogP contribution in [0.4, 0.5) is 0 Å². The van der Waals surface area contributed by atoms with Crippen molar-refractivity contribution in [3.8, 4) is 0 Å². The molecule has 0 bridgehead atoms. The normalized spacial score (nSPS) is 23.8. The quantitative estimate of drug-likeness (QED) is 0.547. The van der Waals surface area contributed by atoms with Crippen molar-refractivity contribution in [1.82, 2.24) is 10.2 Å². The first-order chi connectivity index (χ1) is 5.36. The minimum absolute atomic E-state index is 0.964. The highest BCUT2D eigenvalue weighted by Gasteiger charge is 2.19. The molecule has 60 valence electrons. The van der Waals surface area contributed by atoms with E-state index in [1.165, 1.54) is 6.42 Å². The number of aliphatic imine (C=N–C) groups is 1. The highest BCUT2D eigenvalue weighted by molar-refractivity contribution is 5.83. The smallest absolute Gasteiger partial charge is 0.198 e. The molecule has 0 aromatic heterocycles. The summed E-state index contributed by atoms with van der Waals surface area (Å²) in [6.45, 7) is 7.09. The van der Waals surface area contributed by atoms with E-state index in [1.54, 1.807) is 0 Å². The van der Waals surface area contributed by atoms with Gasteiger partial charge in [0, 0.05) is 31.8 Å². The molecule has 1 N–H and O–H groups in total. The topological polar surface area (TPSA) is 27.6 Å². The molecule has 2 aliphatic rings. The standard InChI is InChI=1S/C8H13N3/c1-7-3-6-11-5-2-4-9-8(11)10-7/h1-6H2,(H,9,10). The van der Waals surface area contributed by atoms with Crippen molar-refractivity contribution in [3.05, 3.63) is 12.3 Å². The summed E-state index contributed by atoms with van der Waals surface area (Å²) in [6, 6.07) is 0. The number of nitrogens with one attached hydrogen (secondary N) is 1. The number of rotatable bonds is 0. The Kier molecular flexibility index (Phi) is 1.56. The summed E-state index contributed by atoms with van der Waals surface area (Å²) in [5, 5.41) is 3.20. The van der Waals surface area contributed by atoms with Gasteiger partial charge in [-0.1, -0.05) is 6.58 Å². The molecule has 0 spiro atoms. The molecule has 0 aromatic carbocycles. The van der Waals surface area contributed by atoms with Gasteiger partial charge >= 0.3 is 0 Å². The highest BCUT2D eigenvalue weighted by atomic mass is 15.3. The summed E-state index contributed by atoms with van der Waals surface area (Å²) < 4.78 is 0. The third-order valence-electron chi connectivity index (χ3n) is 2.12. The number of guanidine groups is 1. The lowest BCUT2D eigenvalue weighted by Crippen LogP contribution is -2.48. The van der Waals surface area contributed by atoms with E-state index in [9.17, 15) is 0 Å². The van der Waals surface area contributed by atoms with E-state index in [2.05, 4.69) is 21.8 Å². The molecule has 0 atom stereocenters. The minimum Gasteiger partial charge on any atom is -0.342 e. The molecule has 11 heavy (non-hydrogen) atoms. The van der Waals surface area contributed by atoms with Gasteiger partial charge in [-0.15, -0.1) is 0 Å². The Bertz CT molecular complexity index is 207. The van der Waals surface area contributed by atoms with Crippen LogP contribution in [-0.2, 0) is 0 Å². The van der Waals surface area contributed by atoms with Crippen molar-refractivity contribution in [2.45, 2.75) is 12.8 Å². The summed E-state index contributed by atoms with van der Waals surface area (Å²) in [4.78, 5) is 6.66. The van der Waals surface area contributed by atoms with Gasteiger partial charge in [-0.25, -0.2) is 0 Å². The van der Waals surface area contributed by atoms with Crippen LogP contribution in [0.1, 0.15) is 12.8 Å². The van der Waals surface area contributed by atoms with E-state index in [1.807, 2.05) is 0 Å². The molecule has 0 amide bonds. The van der Waals surface area contributed by atoms with Gasteiger partial charge < -0.3 is 10.2 Å². The first-order valence-electron chi connectivity index (χ1n) is 4.10. The monoisotopic (exact) mass is 151 g/mol. The van der Waals surface area contributed by atoms with E-state index in [4.69, 9.17) is 0 Å². The Morgan fingerprint density at radius 2 is 2.36 bits per heavy atom. The maximum absolute atomic E-state index is 4.37. The van der Waals surface area contributed by atoms with Crippen LogP contribution < -0.4 is 5.32 Å². The van der Waals surface area contributed by atoms with Crippen molar-refractivity contribution in [2.75, 3.05) is 19.6 Å². The van der Waals surface area contributed by atoms with E-state index >= 15 is 0 Å². The second-order valence-corrected chi connectivity index (χ2v) is 3.02. The van der Waals surface area contributed by atoms with Gasteiger partial charge in [0.15, 0.2) is 5.96 Å². The average Bonchev–Trinajstić information content (AvgIpc) is 2.04. The van der Waals surface area contributed by atoms with E-state index in [-0.39, 0.29) is 0 Å². The SMILES string of the molecule is C=C1CCN2CCCN=C2N1. The third kappa shape index (κ3) is 1.23. The number of nitrogens with zero attached hydrogens (tertiary/aromatic N) is 2. The molecule has 0 unspecified atom stereocenters. The first-order valence-corrected chi connectivity index (χ1v) is 4.10. The second-order valence-electron chi connectivity index (χ2n) is 3.02. The number of fused-ring (bicyclic) bond motifs is 1. The lowest BCUT2D eigenvalue weighted by molar-refractivity contribution is 0.365. The molecular formula is C8H13N3. The van der Waals surface area contributed by atoms with Crippen molar-refractivity contribution in [3.63, 3.8) is 0 Å². The average molecular weight is 151 g/mol. The Balaban J connectivity index is 2.13. The van der Waals surface area contributed by atoms with Gasteiger partial charge in [-0.2, -0.15) is 0 Å². The van der Waals surface area contributed by atoms with Crippen LogP contribution >= 0.6 is 0 Å². The molecule has 3 heteroatoms. The zero-order chi connectivity index (χ0) is 7.68. The fourth-order valence-corrected chi connectivity index (χ4v) is 1.48. The van der Waals surface area contributed by atoms with Crippen LogP contribution in [-0.4, -0.2) is 30.5 Å². The predicted molar refractivity (Wildman–Crippen MR) is 45.4 cm³/mol. The van der Waals surface area contributed by atoms with Crippen LogP contribution in [0, 0.1) is 0 Å². The maximum Gasteiger partial charge on any atom is 0.198 e. The van der Waals surface area contributed by atoms with E-state index in [0.717, 1.165) is 37.7 Å². The Morgan fingerprint density at radius 1 is 1.45 bits per heavy atom. The lowest BCUT2D eigenvalue weighted by Gasteiger charge is -2.34. The van der Waals surface area contributed by atoms with E-state index < -0.39 is 0 Å². The van der Waals surface area contributed by atoms with Gasteiger partial charge in [0.2, 0.25) is 0 Å². The Hall–Kier alpha value is -0.990. The van der Waals surface area contributed by atoms with Gasteiger partial charge in [0.25, 0.3) is 0 Å². The molecule has 1 saturated heterocycles. The van der Waals surface area contributed by atoms with Gasteiger partial charge in [-0.3, -0.25) is 4.99 Å². The molecule has 2 aliphatic heterocycles. The molecule has 2 heterocycles. The van der Waals surface area contributed by atoms with Crippen molar-refractivity contribution in [1.29, 1.82) is 0 Å². The first kappa shape index (κ1) is 6.70. The third-order valence-corrected chi connectivity index (χ3v) is 2.12. The summed E-state index contributed by atoms with van der Waals surface area (Å²) in [6.07, 6.45) is 2.25. The minimum atomic E-state index is 0.964. The molecule has 0 saturated carbocycles. The van der Waals surface area contributed by atoms with Crippen molar-refractivity contribution >= 4 is 5.96 Å². The summed E-state index contributed by atoms with van der Waals surface area (Å²) in [5.41, 5.74) is 1.10. The van der Waals surface area contributed by atoms with Crippen LogP contribution in [0.5, 0.6) is 0 Å². The highest BCUT2D eigenvalue weighted by Crippen LogP contribution is 2.10. The summed E-state index contributed by atoms with van der Waals surface area (Å²) in [5.74, 6) is 1.03. The molecular weight excluding hydrogens is 138 g/mol. The largest absolute Gasteiger partial charge is 0.342 e. The molecule has 0 aliphatic carbocycles. The number of hydrogen-bond donors (Lipinski definition) is 1. The van der Waals surface area contributed by atoms with Crippen LogP contribution in [0.25, 0.3) is 0 Å². The van der Waals surface area contributed by atoms with Crippen molar-refractivity contribution in [2.24, 2.45) is 4.99 Å². The summed E-state index contributed by atoms with van der Waals surface area (Å²) in [7, 11) is 0. The molecule has 3 nitrogen and oxygen atoms in total. The molecule has 2 rings (SSSR count). The van der Waals surface area contributed by atoms with Crippen LogP contribution in [0.3, 0.4) is 0 Å². The van der Waals surface area contributed by atoms with Crippen LogP contribution in [0.2, 0.25) is 0 Å². The lowest BCUT2D eigenvalue weighted by atomic mass is 10.2. The number of hydrogen-bond acceptors (Lipinski definition) is 3. The van der Waals surface area contributed by atoms with Crippen LogP contribution in [0.15, 0.2) is 17.3 Å². The fraction of sp³-hybridized carbons (Fsp3) is 0.625. The van der Waals surface area contributed by atoms with Crippen molar-refractivity contribution < 1.29 is 0 Å². The zero-order valence-electron chi connectivity index (χ0n) is 6.64. The Morgan fingerprint density at radius 3 is 3.27 bits per heavy atom. The molecule has 1 fully saturated rings. The molecule has 0 radical (unpaired) electrons. The van der Waals surface area contributed by atoms with Gasteiger partial charge in [-0.05, 0) is 6.42 Å². The Labute approximate surface area is 66.8 Å². The summed E-state index contributed by atoms with van der Waals surface area (Å²) >= 11 is 0. The van der Waals surface area contributed by atoms with Gasteiger partial charge in [0.05, 0.1) is 0 Å². The maximum atomic E-state index is 4.37.